The summed E-state index contributed by atoms with van der Waals surface area (Å²) in [5, 5.41) is 12.2. The zero-order valence-corrected chi connectivity index (χ0v) is 11.1. The minimum atomic E-state index is -0.789. The maximum absolute atomic E-state index is 10.9. The largest absolute Gasteiger partial charge is 0.481 e. The van der Waals surface area contributed by atoms with Crippen molar-refractivity contribution in [2.75, 3.05) is 13.1 Å². The molecule has 0 aliphatic carbocycles. The minimum absolute atomic E-state index is 0.451. The lowest BCUT2D eigenvalue weighted by Gasteiger charge is -2.19. The van der Waals surface area contributed by atoms with Gasteiger partial charge in [0.1, 0.15) is 5.52 Å². The second-order valence-electron chi connectivity index (χ2n) is 5.27. The summed E-state index contributed by atoms with van der Waals surface area (Å²) in [6.45, 7) is 4.61. The van der Waals surface area contributed by atoms with Crippen LogP contribution in [0.15, 0.2) is 29.0 Å². The van der Waals surface area contributed by atoms with E-state index in [9.17, 15) is 4.79 Å². The Morgan fingerprint density at radius 1 is 1.47 bits per heavy atom. The van der Waals surface area contributed by atoms with Gasteiger partial charge in [0.2, 0.25) is 0 Å². The first kappa shape index (κ1) is 13.5. The Kier molecular flexibility index (Phi) is 3.85. The standard InChI is InChI=1S/C14H18N2O3/c1-14(2,13(17)18)8-15-6-5-10-3-4-11-12(7-10)19-9-16-11/h3-4,7,9,15H,5-6,8H2,1-2H3,(H,17,18). The molecule has 0 bridgehead atoms. The maximum atomic E-state index is 10.9. The van der Waals surface area contributed by atoms with Gasteiger partial charge in [-0.05, 0) is 44.5 Å². The number of carboxylic acid groups (broad SMARTS) is 1. The molecule has 0 spiro atoms. The summed E-state index contributed by atoms with van der Waals surface area (Å²) in [7, 11) is 0. The zero-order valence-electron chi connectivity index (χ0n) is 11.1. The van der Waals surface area contributed by atoms with Crippen LogP contribution in [0.2, 0.25) is 0 Å². The van der Waals surface area contributed by atoms with E-state index in [4.69, 9.17) is 9.52 Å². The van der Waals surface area contributed by atoms with E-state index in [2.05, 4.69) is 10.3 Å². The van der Waals surface area contributed by atoms with Gasteiger partial charge in [-0.3, -0.25) is 4.79 Å². The molecule has 2 aromatic rings. The van der Waals surface area contributed by atoms with Crippen LogP contribution in [0, 0.1) is 5.41 Å². The minimum Gasteiger partial charge on any atom is -0.481 e. The molecule has 19 heavy (non-hydrogen) atoms. The van der Waals surface area contributed by atoms with Gasteiger partial charge in [0.15, 0.2) is 12.0 Å². The van der Waals surface area contributed by atoms with Crippen LogP contribution in [0.4, 0.5) is 0 Å². The van der Waals surface area contributed by atoms with Crippen LogP contribution < -0.4 is 5.32 Å². The van der Waals surface area contributed by atoms with E-state index in [1.807, 2.05) is 18.2 Å². The van der Waals surface area contributed by atoms with Crippen LogP contribution in [0.3, 0.4) is 0 Å². The van der Waals surface area contributed by atoms with Gasteiger partial charge in [-0.25, -0.2) is 4.98 Å². The molecule has 0 aliphatic rings. The molecule has 0 atom stereocenters. The number of fused-ring (bicyclic) bond motifs is 1. The van der Waals surface area contributed by atoms with Crippen LogP contribution in [0.5, 0.6) is 0 Å². The van der Waals surface area contributed by atoms with E-state index in [0.29, 0.717) is 6.54 Å². The van der Waals surface area contributed by atoms with Crippen molar-refractivity contribution >= 4 is 17.1 Å². The van der Waals surface area contributed by atoms with Gasteiger partial charge >= 0.3 is 5.97 Å². The molecule has 5 nitrogen and oxygen atoms in total. The highest BCUT2D eigenvalue weighted by atomic mass is 16.4. The fourth-order valence-corrected chi connectivity index (χ4v) is 1.76. The molecule has 0 fully saturated rings. The van der Waals surface area contributed by atoms with Crippen LogP contribution in [-0.4, -0.2) is 29.1 Å². The Labute approximate surface area is 111 Å². The number of hydrogen-bond acceptors (Lipinski definition) is 4. The van der Waals surface area contributed by atoms with Crippen LogP contribution in [-0.2, 0) is 11.2 Å². The highest BCUT2D eigenvalue weighted by molar-refractivity contribution is 5.74. The van der Waals surface area contributed by atoms with Gasteiger partial charge in [0.25, 0.3) is 0 Å². The highest BCUT2D eigenvalue weighted by Gasteiger charge is 2.26. The van der Waals surface area contributed by atoms with Crippen molar-refractivity contribution in [3.05, 3.63) is 30.2 Å². The molecule has 1 aromatic heterocycles. The van der Waals surface area contributed by atoms with E-state index in [1.165, 1.54) is 6.39 Å². The average molecular weight is 262 g/mol. The van der Waals surface area contributed by atoms with Crippen molar-refractivity contribution in [1.29, 1.82) is 0 Å². The van der Waals surface area contributed by atoms with Crippen molar-refractivity contribution < 1.29 is 14.3 Å². The van der Waals surface area contributed by atoms with Crippen LogP contribution in [0.25, 0.3) is 11.1 Å². The Balaban J connectivity index is 1.84. The predicted octanol–water partition coefficient (Wildman–Crippen LogP) is 2.07. The average Bonchev–Trinajstić information content (AvgIpc) is 2.81. The van der Waals surface area contributed by atoms with Gasteiger partial charge < -0.3 is 14.8 Å². The van der Waals surface area contributed by atoms with Gasteiger partial charge in [-0.1, -0.05) is 6.07 Å². The molecule has 0 radical (unpaired) electrons. The summed E-state index contributed by atoms with van der Waals surface area (Å²) < 4.78 is 5.24. The lowest BCUT2D eigenvalue weighted by atomic mass is 9.94. The predicted molar refractivity (Wildman–Crippen MR) is 72.0 cm³/mol. The van der Waals surface area contributed by atoms with E-state index in [1.54, 1.807) is 13.8 Å². The Morgan fingerprint density at radius 3 is 3.00 bits per heavy atom. The van der Waals surface area contributed by atoms with Crippen LogP contribution >= 0.6 is 0 Å². The second kappa shape index (κ2) is 5.40. The molecule has 2 rings (SSSR count). The van der Waals surface area contributed by atoms with E-state index in [-0.39, 0.29) is 0 Å². The highest BCUT2D eigenvalue weighted by Crippen LogP contribution is 2.15. The summed E-state index contributed by atoms with van der Waals surface area (Å²) in [6.07, 6.45) is 2.26. The molecule has 2 N–H and O–H groups in total. The maximum Gasteiger partial charge on any atom is 0.310 e. The van der Waals surface area contributed by atoms with Crippen molar-refractivity contribution in [1.82, 2.24) is 10.3 Å². The zero-order chi connectivity index (χ0) is 13.9. The Hall–Kier alpha value is -1.88. The molecular formula is C14H18N2O3. The second-order valence-corrected chi connectivity index (χ2v) is 5.27. The summed E-state index contributed by atoms with van der Waals surface area (Å²) in [4.78, 5) is 15.0. The molecule has 1 heterocycles. The molecule has 0 unspecified atom stereocenters. The smallest absolute Gasteiger partial charge is 0.310 e. The first-order chi connectivity index (χ1) is 8.99. The number of oxazole rings is 1. The Morgan fingerprint density at radius 2 is 2.26 bits per heavy atom. The van der Waals surface area contributed by atoms with E-state index >= 15 is 0 Å². The molecule has 5 heteroatoms. The molecule has 0 aliphatic heterocycles. The molecule has 102 valence electrons. The molecular weight excluding hydrogens is 244 g/mol. The fraction of sp³-hybridized carbons (Fsp3) is 0.429. The monoisotopic (exact) mass is 262 g/mol. The summed E-state index contributed by atoms with van der Waals surface area (Å²) in [5.74, 6) is -0.789. The normalized spacial score (nSPS) is 11.9. The van der Waals surface area contributed by atoms with Gasteiger partial charge in [0.05, 0.1) is 5.41 Å². The van der Waals surface area contributed by atoms with Crippen molar-refractivity contribution in [3.8, 4) is 0 Å². The number of aliphatic carboxylic acids is 1. The first-order valence-electron chi connectivity index (χ1n) is 6.25. The SMILES string of the molecule is CC(C)(CNCCc1ccc2ncoc2c1)C(=O)O. The number of hydrogen-bond donors (Lipinski definition) is 2. The molecule has 0 saturated carbocycles. The summed E-state index contributed by atoms with van der Waals surface area (Å²) in [6, 6.07) is 5.90. The number of rotatable bonds is 6. The fourth-order valence-electron chi connectivity index (χ4n) is 1.76. The topological polar surface area (TPSA) is 75.4 Å². The third-order valence-electron chi connectivity index (χ3n) is 3.13. The third kappa shape index (κ3) is 3.32. The van der Waals surface area contributed by atoms with Crippen molar-refractivity contribution in [2.24, 2.45) is 5.41 Å². The molecule has 0 saturated heterocycles. The van der Waals surface area contributed by atoms with Crippen LogP contribution in [0.1, 0.15) is 19.4 Å². The van der Waals surface area contributed by atoms with E-state index in [0.717, 1.165) is 29.6 Å². The number of carbonyl (C=O) groups is 1. The molecule has 1 aromatic carbocycles. The quantitative estimate of drug-likeness (QED) is 0.779. The number of carboxylic acids is 1. The van der Waals surface area contributed by atoms with Crippen molar-refractivity contribution in [3.63, 3.8) is 0 Å². The third-order valence-corrected chi connectivity index (χ3v) is 3.13. The number of nitrogens with one attached hydrogen (secondary N) is 1. The number of aromatic nitrogens is 1. The number of nitrogens with zero attached hydrogens (tertiary/aromatic N) is 1. The summed E-state index contributed by atoms with van der Waals surface area (Å²) in [5.41, 5.74) is 2.03. The van der Waals surface area contributed by atoms with Gasteiger partial charge in [-0.15, -0.1) is 0 Å². The van der Waals surface area contributed by atoms with Crippen molar-refractivity contribution in [2.45, 2.75) is 20.3 Å². The van der Waals surface area contributed by atoms with E-state index < -0.39 is 11.4 Å². The number of benzene rings is 1. The lowest BCUT2D eigenvalue weighted by molar-refractivity contribution is -0.146. The van der Waals surface area contributed by atoms with Gasteiger partial charge in [0, 0.05) is 6.54 Å². The lowest BCUT2D eigenvalue weighted by Crippen LogP contribution is -2.36. The van der Waals surface area contributed by atoms with Gasteiger partial charge in [-0.2, -0.15) is 0 Å². The summed E-state index contributed by atoms with van der Waals surface area (Å²) >= 11 is 0. The first-order valence-corrected chi connectivity index (χ1v) is 6.25. The molecule has 0 amide bonds. The Bertz CT molecular complexity index is 575.